The summed E-state index contributed by atoms with van der Waals surface area (Å²) in [5.74, 6) is 0.127. The van der Waals surface area contributed by atoms with Crippen molar-refractivity contribution in [3.8, 4) is 0 Å². The van der Waals surface area contributed by atoms with E-state index in [0.29, 0.717) is 12.6 Å². The first-order valence-corrected chi connectivity index (χ1v) is 10.9. The third-order valence-corrected chi connectivity index (χ3v) is 5.61. The molecule has 2 amide bonds. The van der Waals surface area contributed by atoms with Gasteiger partial charge in [0.1, 0.15) is 0 Å². The van der Waals surface area contributed by atoms with Crippen LogP contribution < -0.4 is 10.2 Å². The Morgan fingerprint density at radius 3 is 2.24 bits per heavy atom. The molecule has 0 unspecified atom stereocenters. The van der Waals surface area contributed by atoms with Crippen molar-refractivity contribution in [2.45, 2.75) is 79.3 Å². The minimum absolute atomic E-state index is 0.00320. The molecule has 1 N–H and O–H groups in total. The summed E-state index contributed by atoms with van der Waals surface area (Å²) in [6.07, 6.45) is 5.77. The summed E-state index contributed by atoms with van der Waals surface area (Å²) in [6, 6.07) is 6.29. The van der Waals surface area contributed by atoms with Crippen LogP contribution in [0, 0.1) is 11.3 Å². The number of nitrogens with zero attached hydrogens (tertiary/aromatic N) is 2. The SMILES string of the molecule is CC(C)C(=O)Nc1ccc(N(C)C)c(CN(C(=O)C(C)(C)C)C2CCCCC2)c1. The Morgan fingerprint density at radius 1 is 1.10 bits per heavy atom. The van der Waals surface area contributed by atoms with Gasteiger partial charge in [-0.25, -0.2) is 0 Å². The van der Waals surface area contributed by atoms with Crippen molar-refractivity contribution in [1.29, 1.82) is 0 Å². The van der Waals surface area contributed by atoms with Gasteiger partial charge in [-0.3, -0.25) is 9.59 Å². The molecule has 29 heavy (non-hydrogen) atoms. The van der Waals surface area contributed by atoms with Gasteiger partial charge < -0.3 is 15.1 Å². The normalized spacial score (nSPS) is 15.3. The lowest BCUT2D eigenvalue weighted by molar-refractivity contribution is -0.143. The molecule has 2 rings (SSSR count). The lowest BCUT2D eigenvalue weighted by atomic mass is 9.89. The molecule has 0 spiro atoms. The molecule has 0 atom stereocenters. The minimum atomic E-state index is -0.417. The predicted molar refractivity (Wildman–Crippen MR) is 121 cm³/mol. The van der Waals surface area contributed by atoms with Gasteiger partial charge in [0.15, 0.2) is 0 Å². The van der Waals surface area contributed by atoms with E-state index in [1.807, 2.05) is 66.9 Å². The fraction of sp³-hybridized carbons (Fsp3) is 0.667. The quantitative estimate of drug-likeness (QED) is 0.725. The maximum Gasteiger partial charge on any atom is 0.228 e. The minimum Gasteiger partial charge on any atom is -0.377 e. The maximum absolute atomic E-state index is 13.3. The van der Waals surface area contributed by atoms with Gasteiger partial charge in [-0.2, -0.15) is 0 Å². The van der Waals surface area contributed by atoms with Crippen LogP contribution in [-0.2, 0) is 16.1 Å². The van der Waals surface area contributed by atoms with E-state index < -0.39 is 5.41 Å². The molecule has 0 saturated heterocycles. The van der Waals surface area contributed by atoms with E-state index in [2.05, 4.69) is 15.1 Å². The molecule has 0 aliphatic heterocycles. The van der Waals surface area contributed by atoms with E-state index in [1.54, 1.807) is 0 Å². The zero-order valence-electron chi connectivity index (χ0n) is 19.3. The molecule has 0 heterocycles. The van der Waals surface area contributed by atoms with E-state index in [4.69, 9.17) is 0 Å². The van der Waals surface area contributed by atoms with Gasteiger partial charge in [0.25, 0.3) is 0 Å². The highest BCUT2D eigenvalue weighted by atomic mass is 16.2. The van der Waals surface area contributed by atoms with Crippen LogP contribution in [0.5, 0.6) is 0 Å². The molecule has 1 aliphatic carbocycles. The average molecular weight is 402 g/mol. The number of hydrogen-bond acceptors (Lipinski definition) is 3. The Bertz CT molecular complexity index is 713. The highest BCUT2D eigenvalue weighted by molar-refractivity contribution is 5.92. The molecule has 1 aromatic rings. The molecule has 0 bridgehead atoms. The summed E-state index contributed by atoms with van der Waals surface area (Å²) in [4.78, 5) is 29.7. The third-order valence-electron chi connectivity index (χ3n) is 5.61. The Balaban J connectivity index is 2.38. The van der Waals surface area contributed by atoms with E-state index >= 15 is 0 Å². The molecule has 5 heteroatoms. The van der Waals surface area contributed by atoms with Crippen molar-refractivity contribution < 1.29 is 9.59 Å². The topological polar surface area (TPSA) is 52.7 Å². The molecular formula is C24H39N3O2. The molecule has 1 saturated carbocycles. The van der Waals surface area contributed by atoms with E-state index in [1.165, 1.54) is 19.3 Å². The van der Waals surface area contributed by atoms with Gasteiger partial charge in [0.05, 0.1) is 0 Å². The first-order chi connectivity index (χ1) is 13.5. The zero-order valence-corrected chi connectivity index (χ0v) is 19.3. The summed E-state index contributed by atoms with van der Waals surface area (Å²) in [6.45, 7) is 10.3. The largest absolute Gasteiger partial charge is 0.377 e. The highest BCUT2D eigenvalue weighted by Crippen LogP contribution is 2.31. The third kappa shape index (κ3) is 6.22. The number of amides is 2. The van der Waals surface area contributed by atoms with Crippen LogP contribution in [0.2, 0.25) is 0 Å². The Labute approximate surface area is 176 Å². The van der Waals surface area contributed by atoms with E-state index in [-0.39, 0.29) is 17.7 Å². The smallest absolute Gasteiger partial charge is 0.228 e. The van der Waals surface area contributed by atoms with Crippen molar-refractivity contribution in [2.75, 3.05) is 24.3 Å². The van der Waals surface area contributed by atoms with Gasteiger partial charge in [0.2, 0.25) is 11.8 Å². The lowest BCUT2D eigenvalue weighted by Gasteiger charge is -2.39. The van der Waals surface area contributed by atoms with Crippen LogP contribution in [0.3, 0.4) is 0 Å². The van der Waals surface area contributed by atoms with Crippen LogP contribution in [0.25, 0.3) is 0 Å². The number of carbonyl (C=O) groups is 2. The molecule has 1 fully saturated rings. The maximum atomic E-state index is 13.3. The van der Waals surface area contributed by atoms with Gasteiger partial charge in [0, 0.05) is 49.4 Å². The summed E-state index contributed by atoms with van der Waals surface area (Å²) >= 11 is 0. The first-order valence-electron chi connectivity index (χ1n) is 10.9. The molecular weight excluding hydrogens is 362 g/mol. The Kier molecular flexibility index (Phi) is 7.73. The van der Waals surface area contributed by atoms with Crippen molar-refractivity contribution in [3.05, 3.63) is 23.8 Å². The number of rotatable bonds is 6. The van der Waals surface area contributed by atoms with Crippen molar-refractivity contribution in [3.63, 3.8) is 0 Å². The van der Waals surface area contributed by atoms with Gasteiger partial charge in [-0.15, -0.1) is 0 Å². The van der Waals surface area contributed by atoms with Crippen molar-refractivity contribution in [1.82, 2.24) is 4.90 Å². The number of nitrogens with one attached hydrogen (secondary N) is 1. The second-order valence-electron chi connectivity index (χ2n) is 9.86. The molecule has 0 aromatic heterocycles. The monoisotopic (exact) mass is 401 g/mol. The highest BCUT2D eigenvalue weighted by Gasteiger charge is 2.33. The second kappa shape index (κ2) is 9.64. The van der Waals surface area contributed by atoms with Crippen LogP contribution in [0.15, 0.2) is 18.2 Å². The number of anilines is 2. The number of carbonyl (C=O) groups excluding carboxylic acids is 2. The average Bonchev–Trinajstić information content (AvgIpc) is 2.65. The van der Waals surface area contributed by atoms with E-state index in [0.717, 1.165) is 29.8 Å². The van der Waals surface area contributed by atoms with Crippen LogP contribution in [0.4, 0.5) is 11.4 Å². The van der Waals surface area contributed by atoms with Crippen molar-refractivity contribution in [2.24, 2.45) is 11.3 Å². The predicted octanol–water partition coefficient (Wildman–Crippen LogP) is 5.05. The Hall–Kier alpha value is -2.04. The molecule has 0 radical (unpaired) electrons. The molecule has 162 valence electrons. The van der Waals surface area contributed by atoms with Crippen LogP contribution in [0.1, 0.15) is 72.3 Å². The summed E-state index contributed by atoms with van der Waals surface area (Å²) in [7, 11) is 4.03. The number of hydrogen-bond donors (Lipinski definition) is 1. The van der Waals surface area contributed by atoms with Crippen LogP contribution >= 0.6 is 0 Å². The summed E-state index contributed by atoms with van der Waals surface area (Å²) in [5, 5.41) is 3.00. The van der Waals surface area contributed by atoms with Gasteiger partial charge in [-0.05, 0) is 36.6 Å². The van der Waals surface area contributed by atoms with Gasteiger partial charge >= 0.3 is 0 Å². The van der Waals surface area contributed by atoms with Crippen LogP contribution in [-0.4, -0.2) is 36.9 Å². The molecule has 1 aromatic carbocycles. The fourth-order valence-electron chi connectivity index (χ4n) is 3.89. The summed E-state index contributed by atoms with van der Waals surface area (Å²) < 4.78 is 0. The first kappa shape index (κ1) is 23.2. The molecule has 5 nitrogen and oxygen atoms in total. The lowest BCUT2D eigenvalue weighted by Crippen LogP contribution is -2.46. The standard InChI is InChI=1S/C24H39N3O2/c1-17(2)22(28)25-19-13-14-21(26(6)7)18(15-19)16-27(23(29)24(3,4)5)20-11-9-8-10-12-20/h13-15,17,20H,8-12,16H2,1-7H3,(H,25,28). The Morgan fingerprint density at radius 2 is 1.72 bits per heavy atom. The van der Waals surface area contributed by atoms with Crippen molar-refractivity contribution >= 4 is 23.2 Å². The zero-order chi connectivity index (χ0) is 21.8. The van der Waals surface area contributed by atoms with Gasteiger partial charge in [-0.1, -0.05) is 53.9 Å². The van der Waals surface area contributed by atoms with E-state index in [9.17, 15) is 9.59 Å². The number of benzene rings is 1. The fourth-order valence-corrected chi connectivity index (χ4v) is 3.89. The molecule has 1 aliphatic rings. The summed E-state index contributed by atoms with van der Waals surface area (Å²) in [5.41, 5.74) is 2.52. The second-order valence-corrected chi connectivity index (χ2v) is 9.86.